The lowest BCUT2D eigenvalue weighted by atomic mass is 10.1. The van der Waals surface area contributed by atoms with E-state index in [-0.39, 0.29) is 11.4 Å². The van der Waals surface area contributed by atoms with Crippen LogP contribution in [0.25, 0.3) is 16.2 Å². The average molecular weight is 373 g/mol. The number of benzene rings is 2. The molecule has 4 rings (SSSR count). The first kappa shape index (κ1) is 16.7. The van der Waals surface area contributed by atoms with Gasteiger partial charge in [0, 0.05) is 28.4 Å². The molecule has 0 aliphatic carbocycles. The molecule has 0 spiro atoms. The van der Waals surface area contributed by atoms with Gasteiger partial charge in [-0.15, -0.1) is 11.3 Å². The quantitative estimate of drug-likeness (QED) is 0.491. The molecular weight excluding hydrogens is 359 g/mol. The van der Waals surface area contributed by atoms with Crippen molar-refractivity contribution in [2.24, 2.45) is 0 Å². The lowest BCUT2D eigenvalue weighted by Crippen LogP contribution is -2.00. The second kappa shape index (κ2) is 6.49. The fraction of sp³-hybridized carbons (Fsp3) is 0.105. The third-order valence-electron chi connectivity index (χ3n) is 4.09. The molecule has 3 nitrogen and oxygen atoms in total. The summed E-state index contributed by atoms with van der Waals surface area (Å²) in [6.07, 6.45) is 0.764. The zero-order valence-corrected chi connectivity index (χ0v) is 14.6. The Hall–Kier alpha value is -2.80. The van der Waals surface area contributed by atoms with E-state index in [2.05, 4.69) is 10.3 Å². The first-order valence-corrected chi connectivity index (χ1v) is 8.91. The van der Waals surface area contributed by atoms with Crippen molar-refractivity contribution in [3.8, 4) is 11.3 Å². The number of fused-ring (bicyclic) bond motifs is 1. The highest BCUT2D eigenvalue weighted by Gasteiger charge is 2.20. The van der Waals surface area contributed by atoms with E-state index < -0.39 is 11.6 Å². The van der Waals surface area contributed by atoms with Crippen LogP contribution in [0.2, 0.25) is 0 Å². The number of hydrogen-bond donors (Lipinski definition) is 1. The summed E-state index contributed by atoms with van der Waals surface area (Å²) in [5.41, 5.74) is 2.24. The van der Waals surface area contributed by atoms with Gasteiger partial charge in [-0.1, -0.05) is 6.92 Å². The minimum Gasteiger partial charge on any atom is -0.339 e. The molecule has 132 valence electrons. The van der Waals surface area contributed by atoms with Gasteiger partial charge in [0.05, 0.1) is 0 Å². The van der Waals surface area contributed by atoms with Crippen molar-refractivity contribution in [1.82, 2.24) is 9.38 Å². The summed E-state index contributed by atoms with van der Waals surface area (Å²) in [5, 5.41) is 5.19. The van der Waals surface area contributed by atoms with Gasteiger partial charge in [-0.2, -0.15) is 0 Å². The summed E-state index contributed by atoms with van der Waals surface area (Å²) in [6.45, 7) is 2.02. The topological polar surface area (TPSA) is 29.3 Å². The number of halogens is 3. The largest absolute Gasteiger partial charge is 0.339 e. The molecule has 0 aliphatic heterocycles. The zero-order valence-electron chi connectivity index (χ0n) is 13.8. The molecule has 0 amide bonds. The van der Waals surface area contributed by atoms with Gasteiger partial charge in [0.15, 0.2) is 4.96 Å². The second-order valence-corrected chi connectivity index (χ2v) is 6.60. The van der Waals surface area contributed by atoms with Crippen molar-refractivity contribution in [1.29, 1.82) is 0 Å². The number of anilines is 2. The van der Waals surface area contributed by atoms with E-state index in [9.17, 15) is 13.2 Å². The molecule has 7 heteroatoms. The van der Waals surface area contributed by atoms with Crippen molar-refractivity contribution in [3.05, 3.63) is 71.0 Å². The lowest BCUT2D eigenvalue weighted by Gasteiger charge is -2.10. The molecule has 2 aromatic carbocycles. The Morgan fingerprint density at radius 3 is 2.46 bits per heavy atom. The first-order chi connectivity index (χ1) is 12.6. The van der Waals surface area contributed by atoms with E-state index >= 15 is 0 Å². The van der Waals surface area contributed by atoms with Crippen molar-refractivity contribution < 1.29 is 13.2 Å². The van der Waals surface area contributed by atoms with Crippen LogP contribution in [-0.4, -0.2) is 9.38 Å². The summed E-state index contributed by atoms with van der Waals surface area (Å²) in [4.78, 5) is 5.24. The Kier molecular flexibility index (Phi) is 4.16. The number of thiazole rings is 1. The Morgan fingerprint density at radius 2 is 1.77 bits per heavy atom. The first-order valence-electron chi connectivity index (χ1n) is 8.03. The third-order valence-corrected chi connectivity index (χ3v) is 4.96. The molecule has 0 atom stereocenters. The molecule has 0 saturated carbocycles. The van der Waals surface area contributed by atoms with Gasteiger partial charge in [0.25, 0.3) is 0 Å². The van der Waals surface area contributed by atoms with Gasteiger partial charge in [0.1, 0.15) is 29.0 Å². The Bertz CT molecular complexity index is 1080. The van der Waals surface area contributed by atoms with Crippen LogP contribution < -0.4 is 5.32 Å². The predicted molar refractivity (Wildman–Crippen MR) is 97.5 cm³/mol. The molecule has 2 heterocycles. The number of aryl methyl sites for hydroxylation is 1. The third kappa shape index (κ3) is 2.84. The number of rotatable bonds is 4. The SMILES string of the molecule is CCc1csc2nc(-c3ccc(F)cc3F)c(Nc3ccc(F)cc3)n12. The number of hydrogen-bond acceptors (Lipinski definition) is 3. The summed E-state index contributed by atoms with van der Waals surface area (Å²) in [6, 6.07) is 9.28. The van der Waals surface area contributed by atoms with Crippen LogP contribution in [-0.2, 0) is 6.42 Å². The summed E-state index contributed by atoms with van der Waals surface area (Å²) >= 11 is 1.45. The highest BCUT2D eigenvalue weighted by molar-refractivity contribution is 7.15. The van der Waals surface area contributed by atoms with Crippen molar-refractivity contribution in [2.75, 3.05) is 5.32 Å². The van der Waals surface area contributed by atoms with E-state index in [0.717, 1.165) is 18.2 Å². The van der Waals surface area contributed by atoms with E-state index in [1.54, 1.807) is 12.1 Å². The second-order valence-electron chi connectivity index (χ2n) is 5.76. The number of imidazole rings is 1. The Morgan fingerprint density at radius 1 is 1.04 bits per heavy atom. The van der Waals surface area contributed by atoms with Gasteiger partial charge in [-0.05, 0) is 42.8 Å². The fourth-order valence-electron chi connectivity index (χ4n) is 2.81. The molecule has 26 heavy (non-hydrogen) atoms. The van der Waals surface area contributed by atoms with Crippen LogP contribution in [0.5, 0.6) is 0 Å². The number of nitrogens with one attached hydrogen (secondary N) is 1. The maximum Gasteiger partial charge on any atom is 0.196 e. The molecule has 1 N–H and O–H groups in total. The van der Waals surface area contributed by atoms with E-state index in [0.29, 0.717) is 22.2 Å². The van der Waals surface area contributed by atoms with Crippen molar-refractivity contribution >= 4 is 27.8 Å². The average Bonchev–Trinajstić information content (AvgIpc) is 3.17. The lowest BCUT2D eigenvalue weighted by molar-refractivity contribution is 0.585. The number of nitrogens with zero attached hydrogens (tertiary/aromatic N) is 2. The molecule has 0 bridgehead atoms. The smallest absolute Gasteiger partial charge is 0.196 e. The van der Waals surface area contributed by atoms with E-state index in [1.165, 1.54) is 35.6 Å². The van der Waals surface area contributed by atoms with Gasteiger partial charge in [-0.25, -0.2) is 18.2 Å². The molecule has 0 radical (unpaired) electrons. The highest BCUT2D eigenvalue weighted by atomic mass is 32.1. The monoisotopic (exact) mass is 373 g/mol. The minimum atomic E-state index is -0.684. The Balaban J connectivity index is 1.92. The van der Waals surface area contributed by atoms with Crippen LogP contribution in [0.4, 0.5) is 24.7 Å². The van der Waals surface area contributed by atoms with Gasteiger partial charge in [-0.3, -0.25) is 4.40 Å². The van der Waals surface area contributed by atoms with E-state index in [1.807, 2.05) is 16.7 Å². The predicted octanol–water partition coefficient (Wildman–Crippen LogP) is 5.79. The molecule has 2 aromatic heterocycles. The molecule has 0 fully saturated rings. The minimum absolute atomic E-state index is 0.203. The van der Waals surface area contributed by atoms with Gasteiger partial charge >= 0.3 is 0 Å². The zero-order chi connectivity index (χ0) is 18.3. The van der Waals surface area contributed by atoms with Crippen molar-refractivity contribution in [3.63, 3.8) is 0 Å². The molecule has 0 saturated heterocycles. The normalized spacial score (nSPS) is 11.2. The summed E-state index contributed by atoms with van der Waals surface area (Å²) in [5.74, 6) is -1.11. The maximum atomic E-state index is 14.4. The molecular formula is C19H14F3N3S. The standard InChI is InChI=1S/C19H14F3N3S/c1-2-14-10-26-19-24-17(15-8-5-12(21)9-16(15)22)18(25(14)19)23-13-6-3-11(20)4-7-13/h3-10,23H,2H2,1H3. The van der Waals surface area contributed by atoms with Crippen LogP contribution >= 0.6 is 11.3 Å². The van der Waals surface area contributed by atoms with Crippen LogP contribution in [0.15, 0.2) is 47.8 Å². The molecule has 4 aromatic rings. The number of aromatic nitrogens is 2. The molecule has 0 unspecified atom stereocenters. The van der Waals surface area contributed by atoms with Crippen LogP contribution in [0, 0.1) is 17.5 Å². The van der Waals surface area contributed by atoms with Crippen LogP contribution in [0.1, 0.15) is 12.6 Å². The Labute approximate surface area is 151 Å². The fourth-order valence-corrected chi connectivity index (χ4v) is 3.79. The summed E-state index contributed by atoms with van der Waals surface area (Å²) < 4.78 is 42.8. The van der Waals surface area contributed by atoms with Crippen molar-refractivity contribution in [2.45, 2.75) is 13.3 Å². The summed E-state index contributed by atoms with van der Waals surface area (Å²) in [7, 11) is 0. The van der Waals surface area contributed by atoms with Gasteiger partial charge < -0.3 is 5.32 Å². The van der Waals surface area contributed by atoms with Gasteiger partial charge in [0.2, 0.25) is 0 Å². The highest BCUT2D eigenvalue weighted by Crippen LogP contribution is 2.35. The van der Waals surface area contributed by atoms with Crippen LogP contribution in [0.3, 0.4) is 0 Å². The van der Waals surface area contributed by atoms with E-state index in [4.69, 9.17) is 0 Å². The molecule has 0 aliphatic rings. The maximum absolute atomic E-state index is 14.4.